The number of amides is 1. The highest BCUT2D eigenvalue weighted by Crippen LogP contribution is 2.28. The Morgan fingerprint density at radius 2 is 2.12 bits per heavy atom. The van der Waals surface area contributed by atoms with Crippen LogP contribution in [0.5, 0.6) is 0 Å². The van der Waals surface area contributed by atoms with Crippen LogP contribution in [0.4, 0.5) is 0 Å². The molecule has 128 valence electrons. The molecule has 25 heavy (non-hydrogen) atoms. The van der Waals surface area contributed by atoms with Gasteiger partial charge in [-0.1, -0.05) is 17.7 Å². The summed E-state index contributed by atoms with van der Waals surface area (Å²) in [6, 6.07) is 6.26. The van der Waals surface area contributed by atoms with Gasteiger partial charge < -0.3 is 9.88 Å². The standard InChI is InChI=1S/C18H17N3O3S/c1-10-2-3-15-13(6-10)11(9-25-15)7-16(22)21-5-4-12-14(8-21)19-18(24)20-17(12)23/h2-3,6,9H,4-5,7-8H2,1H3,(H2,19,20,23,24). The molecule has 6 nitrogen and oxygen atoms in total. The van der Waals surface area contributed by atoms with Gasteiger partial charge in [0.15, 0.2) is 0 Å². The van der Waals surface area contributed by atoms with Gasteiger partial charge in [-0.05, 0) is 35.7 Å². The van der Waals surface area contributed by atoms with Crippen molar-refractivity contribution >= 4 is 27.3 Å². The molecule has 0 atom stereocenters. The first-order chi connectivity index (χ1) is 12.0. The smallest absolute Gasteiger partial charge is 0.325 e. The van der Waals surface area contributed by atoms with E-state index in [1.165, 1.54) is 10.3 Å². The topological polar surface area (TPSA) is 86.0 Å². The first-order valence-electron chi connectivity index (χ1n) is 8.10. The summed E-state index contributed by atoms with van der Waals surface area (Å²) in [5, 5.41) is 3.16. The number of hydrogen-bond donors (Lipinski definition) is 2. The Morgan fingerprint density at radius 3 is 2.96 bits per heavy atom. The van der Waals surface area contributed by atoms with Crippen molar-refractivity contribution in [3.8, 4) is 0 Å². The van der Waals surface area contributed by atoms with E-state index in [1.807, 2.05) is 12.3 Å². The normalized spacial score (nSPS) is 13.9. The van der Waals surface area contributed by atoms with E-state index in [9.17, 15) is 14.4 Å². The number of nitrogens with zero attached hydrogens (tertiary/aromatic N) is 1. The summed E-state index contributed by atoms with van der Waals surface area (Å²) in [6.45, 7) is 2.80. The van der Waals surface area contributed by atoms with Crippen molar-refractivity contribution in [3.63, 3.8) is 0 Å². The number of carbonyl (C=O) groups is 1. The molecule has 1 aromatic carbocycles. The predicted molar refractivity (Wildman–Crippen MR) is 97.1 cm³/mol. The van der Waals surface area contributed by atoms with Crippen LogP contribution in [0.3, 0.4) is 0 Å². The lowest BCUT2D eigenvalue weighted by Crippen LogP contribution is -2.41. The van der Waals surface area contributed by atoms with E-state index >= 15 is 0 Å². The predicted octanol–water partition coefficient (Wildman–Crippen LogP) is 1.71. The Morgan fingerprint density at radius 1 is 1.28 bits per heavy atom. The van der Waals surface area contributed by atoms with Gasteiger partial charge in [0.2, 0.25) is 5.91 Å². The summed E-state index contributed by atoms with van der Waals surface area (Å²) in [6.07, 6.45) is 0.781. The summed E-state index contributed by atoms with van der Waals surface area (Å²) < 4.78 is 1.17. The lowest BCUT2D eigenvalue weighted by Gasteiger charge is -2.27. The van der Waals surface area contributed by atoms with Gasteiger partial charge in [0, 0.05) is 22.5 Å². The number of aromatic nitrogens is 2. The maximum atomic E-state index is 12.7. The summed E-state index contributed by atoms with van der Waals surface area (Å²) in [5.41, 5.74) is 2.42. The lowest BCUT2D eigenvalue weighted by molar-refractivity contribution is -0.131. The molecule has 0 bridgehead atoms. The monoisotopic (exact) mass is 355 g/mol. The van der Waals surface area contributed by atoms with Gasteiger partial charge in [0.25, 0.3) is 5.56 Å². The van der Waals surface area contributed by atoms with Crippen LogP contribution in [0, 0.1) is 6.92 Å². The maximum Gasteiger partial charge on any atom is 0.325 e. The van der Waals surface area contributed by atoms with E-state index in [4.69, 9.17) is 0 Å². The van der Waals surface area contributed by atoms with Crippen LogP contribution in [-0.4, -0.2) is 27.3 Å². The highest BCUT2D eigenvalue weighted by molar-refractivity contribution is 7.17. The fourth-order valence-corrected chi connectivity index (χ4v) is 4.24. The molecule has 3 heterocycles. The van der Waals surface area contributed by atoms with Crippen molar-refractivity contribution < 1.29 is 4.79 Å². The molecule has 0 unspecified atom stereocenters. The second-order valence-corrected chi connectivity index (χ2v) is 7.28. The SMILES string of the molecule is Cc1ccc2scc(CC(=O)N3CCc4c([nH]c(=O)[nH]c4=O)C3)c2c1. The zero-order valence-corrected chi connectivity index (χ0v) is 14.5. The number of carbonyl (C=O) groups excluding carboxylic acids is 1. The van der Waals surface area contributed by atoms with Gasteiger partial charge in [-0.2, -0.15) is 0 Å². The molecule has 1 aliphatic rings. The molecule has 0 saturated heterocycles. The number of nitrogens with one attached hydrogen (secondary N) is 2. The van der Waals surface area contributed by atoms with Crippen molar-refractivity contribution in [1.82, 2.24) is 14.9 Å². The molecule has 0 fully saturated rings. The Bertz CT molecular complexity index is 1090. The van der Waals surface area contributed by atoms with E-state index in [-0.39, 0.29) is 18.0 Å². The summed E-state index contributed by atoms with van der Waals surface area (Å²) in [4.78, 5) is 42.6. The Labute approximate surface area is 147 Å². The third kappa shape index (κ3) is 2.91. The number of fused-ring (bicyclic) bond motifs is 2. The Hall–Kier alpha value is -2.67. The molecule has 2 aromatic heterocycles. The molecule has 3 aromatic rings. The van der Waals surface area contributed by atoms with E-state index in [2.05, 4.69) is 28.2 Å². The highest BCUT2D eigenvalue weighted by Gasteiger charge is 2.24. The number of thiophene rings is 1. The molecule has 0 saturated carbocycles. The minimum absolute atomic E-state index is 0.00740. The highest BCUT2D eigenvalue weighted by atomic mass is 32.1. The first-order valence-corrected chi connectivity index (χ1v) is 8.98. The van der Waals surface area contributed by atoms with Gasteiger partial charge in [0.1, 0.15) is 0 Å². The van der Waals surface area contributed by atoms with Gasteiger partial charge in [-0.15, -0.1) is 11.3 Å². The van der Waals surface area contributed by atoms with Gasteiger partial charge in [-0.25, -0.2) is 4.79 Å². The Kier molecular flexibility index (Phi) is 3.80. The zero-order chi connectivity index (χ0) is 17.6. The fourth-order valence-electron chi connectivity index (χ4n) is 3.30. The third-order valence-corrected chi connectivity index (χ3v) is 5.63. The lowest BCUT2D eigenvalue weighted by atomic mass is 10.0. The number of aromatic amines is 2. The number of rotatable bonds is 2. The molecule has 0 radical (unpaired) electrons. The average molecular weight is 355 g/mol. The van der Waals surface area contributed by atoms with Crippen molar-refractivity contribution in [2.24, 2.45) is 0 Å². The van der Waals surface area contributed by atoms with Crippen LogP contribution in [0.25, 0.3) is 10.1 Å². The quantitative estimate of drug-likeness (QED) is 0.734. The number of benzene rings is 1. The third-order valence-electron chi connectivity index (χ3n) is 4.61. The number of aryl methyl sites for hydroxylation is 1. The number of H-pyrrole nitrogens is 2. The summed E-state index contributed by atoms with van der Waals surface area (Å²) >= 11 is 1.64. The molecular weight excluding hydrogens is 338 g/mol. The van der Waals surface area contributed by atoms with Crippen LogP contribution >= 0.6 is 11.3 Å². The molecule has 2 N–H and O–H groups in total. The van der Waals surface area contributed by atoms with Crippen molar-refractivity contribution in [3.05, 3.63) is 66.8 Å². The summed E-state index contributed by atoms with van der Waals surface area (Å²) in [5.74, 6) is 0.00740. The molecule has 0 aliphatic carbocycles. The molecule has 1 amide bonds. The molecule has 1 aliphatic heterocycles. The van der Waals surface area contributed by atoms with E-state index in [1.54, 1.807) is 16.2 Å². The fraction of sp³-hybridized carbons (Fsp3) is 0.278. The van der Waals surface area contributed by atoms with Crippen LogP contribution in [0.15, 0.2) is 33.2 Å². The van der Waals surface area contributed by atoms with Crippen molar-refractivity contribution in [2.75, 3.05) is 6.54 Å². The molecular formula is C18H17N3O3S. The van der Waals surface area contributed by atoms with E-state index in [0.717, 1.165) is 10.9 Å². The average Bonchev–Trinajstić information content (AvgIpc) is 2.96. The summed E-state index contributed by atoms with van der Waals surface area (Å²) in [7, 11) is 0. The van der Waals surface area contributed by atoms with Crippen LogP contribution in [-0.2, 0) is 24.2 Å². The van der Waals surface area contributed by atoms with Gasteiger partial charge in [-0.3, -0.25) is 14.6 Å². The minimum atomic E-state index is -0.530. The van der Waals surface area contributed by atoms with E-state index < -0.39 is 5.69 Å². The maximum absolute atomic E-state index is 12.7. The largest absolute Gasteiger partial charge is 0.336 e. The van der Waals surface area contributed by atoms with Gasteiger partial charge in [0.05, 0.1) is 13.0 Å². The number of hydrogen-bond acceptors (Lipinski definition) is 4. The van der Waals surface area contributed by atoms with Gasteiger partial charge >= 0.3 is 5.69 Å². The first kappa shape index (κ1) is 15.8. The molecule has 7 heteroatoms. The Balaban J connectivity index is 1.58. The van der Waals surface area contributed by atoms with Crippen molar-refractivity contribution in [2.45, 2.75) is 26.3 Å². The minimum Gasteiger partial charge on any atom is -0.336 e. The molecule has 4 rings (SSSR count). The van der Waals surface area contributed by atoms with E-state index in [0.29, 0.717) is 30.6 Å². The van der Waals surface area contributed by atoms with Crippen molar-refractivity contribution in [1.29, 1.82) is 0 Å². The zero-order valence-electron chi connectivity index (χ0n) is 13.7. The van der Waals surface area contributed by atoms with Crippen LogP contribution in [0.1, 0.15) is 22.4 Å². The van der Waals surface area contributed by atoms with Crippen LogP contribution in [0.2, 0.25) is 0 Å². The second kappa shape index (κ2) is 6.00. The second-order valence-electron chi connectivity index (χ2n) is 6.37. The molecule has 0 spiro atoms. The van der Waals surface area contributed by atoms with Crippen LogP contribution < -0.4 is 11.2 Å².